The minimum Gasteiger partial charge on any atom is -0.355 e. The molecule has 0 heterocycles. The molecule has 0 saturated carbocycles. The van der Waals surface area contributed by atoms with Gasteiger partial charge in [0.05, 0.1) is 0 Å². The van der Waals surface area contributed by atoms with E-state index in [-0.39, 0.29) is 35.5 Å². The smallest absolute Gasteiger partial charge is 0.224 e. The van der Waals surface area contributed by atoms with Crippen LogP contribution in [0.15, 0.2) is 18.2 Å². The molecule has 3 N–H and O–H groups in total. The lowest BCUT2D eigenvalue weighted by atomic mass is 9.84. The first-order chi connectivity index (χ1) is 8.77. The Bertz CT molecular complexity index is 466. The second kappa shape index (κ2) is 7.81. The molecule has 0 saturated heterocycles. The molecule has 0 spiro atoms. The number of rotatable bonds is 5. The molecule has 3 nitrogen and oxygen atoms in total. The number of carbonyl (C=O) groups excluding carboxylic acids is 1. The van der Waals surface area contributed by atoms with Crippen molar-refractivity contribution in [3.8, 4) is 0 Å². The quantitative estimate of drug-likeness (QED) is 0.875. The van der Waals surface area contributed by atoms with Gasteiger partial charge in [-0.3, -0.25) is 4.79 Å². The number of carbonyl (C=O) groups is 1. The number of hydrogen-bond donors (Lipinski definition) is 2. The summed E-state index contributed by atoms with van der Waals surface area (Å²) in [5, 5.41) is 3.21. The molecule has 0 aromatic heterocycles. The van der Waals surface area contributed by atoms with E-state index in [0.717, 1.165) is 5.56 Å². The van der Waals surface area contributed by atoms with Crippen molar-refractivity contribution in [3.63, 3.8) is 0 Å². The van der Waals surface area contributed by atoms with Crippen molar-refractivity contribution in [1.29, 1.82) is 0 Å². The number of nitrogens with one attached hydrogen (secondary N) is 1. The normalized spacial score (nSPS) is 12.5. The second-order valence-corrected chi connectivity index (χ2v) is 5.77. The first kappa shape index (κ1) is 19.2. The van der Waals surface area contributed by atoms with Crippen molar-refractivity contribution in [2.75, 3.05) is 13.1 Å². The SMILES string of the molecule is CC(CN)C(=O)NCC(C)(C)c1ccc(F)cc1Cl.Cl. The van der Waals surface area contributed by atoms with Crippen LogP contribution in [0.5, 0.6) is 0 Å². The molecular formula is C14H21Cl2FN2O. The Kier molecular flexibility index (Phi) is 7.49. The van der Waals surface area contributed by atoms with Crippen molar-refractivity contribution in [2.24, 2.45) is 11.7 Å². The Labute approximate surface area is 130 Å². The molecule has 1 atom stereocenters. The summed E-state index contributed by atoms with van der Waals surface area (Å²) < 4.78 is 13.0. The van der Waals surface area contributed by atoms with Crippen molar-refractivity contribution in [2.45, 2.75) is 26.2 Å². The summed E-state index contributed by atoms with van der Waals surface area (Å²) in [6.07, 6.45) is 0. The Morgan fingerprint density at radius 1 is 1.50 bits per heavy atom. The van der Waals surface area contributed by atoms with E-state index >= 15 is 0 Å². The maximum absolute atomic E-state index is 13.0. The van der Waals surface area contributed by atoms with Gasteiger partial charge in [-0.1, -0.05) is 38.4 Å². The average Bonchev–Trinajstić information content (AvgIpc) is 2.34. The van der Waals surface area contributed by atoms with Crippen LogP contribution in [-0.4, -0.2) is 19.0 Å². The molecule has 114 valence electrons. The molecule has 0 bridgehead atoms. The maximum Gasteiger partial charge on any atom is 0.224 e. The van der Waals surface area contributed by atoms with Crippen LogP contribution < -0.4 is 11.1 Å². The van der Waals surface area contributed by atoms with E-state index in [1.54, 1.807) is 13.0 Å². The lowest BCUT2D eigenvalue weighted by Gasteiger charge is -2.27. The first-order valence-corrected chi connectivity index (χ1v) is 6.59. The highest BCUT2D eigenvalue weighted by Gasteiger charge is 2.25. The zero-order chi connectivity index (χ0) is 14.6. The van der Waals surface area contributed by atoms with Crippen molar-refractivity contribution >= 4 is 29.9 Å². The van der Waals surface area contributed by atoms with E-state index < -0.39 is 0 Å². The van der Waals surface area contributed by atoms with Crippen molar-refractivity contribution in [1.82, 2.24) is 5.32 Å². The van der Waals surface area contributed by atoms with Gasteiger partial charge in [0, 0.05) is 29.4 Å². The van der Waals surface area contributed by atoms with Crippen LogP contribution in [0.1, 0.15) is 26.3 Å². The highest BCUT2D eigenvalue weighted by Crippen LogP contribution is 2.29. The van der Waals surface area contributed by atoms with Crippen LogP contribution in [0, 0.1) is 11.7 Å². The summed E-state index contributed by atoms with van der Waals surface area (Å²) in [4.78, 5) is 11.7. The largest absolute Gasteiger partial charge is 0.355 e. The van der Waals surface area contributed by atoms with Crippen LogP contribution in [0.4, 0.5) is 4.39 Å². The lowest BCUT2D eigenvalue weighted by Crippen LogP contribution is -2.40. The van der Waals surface area contributed by atoms with Crippen molar-refractivity contribution < 1.29 is 9.18 Å². The van der Waals surface area contributed by atoms with Gasteiger partial charge in [0.15, 0.2) is 0 Å². The predicted octanol–water partition coefficient (Wildman–Crippen LogP) is 2.89. The molecule has 1 amide bonds. The molecule has 1 aromatic rings. The van der Waals surface area contributed by atoms with E-state index in [1.165, 1.54) is 12.1 Å². The minimum atomic E-state index is -0.380. The fourth-order valence-corrected chi connectivity index (χ4v) is 2.15. The van der Waals surface area contributed by atoms with Gasteiger partial charge in [-0.05, 0) is 17.7 Å². The molecule has 0 fully saturated rings. The molecule has 0 aliphatic heterocycles. The van der Waals surface area contributed by atoms with Crippen molar-refractivity contribution in [3.05, 3.63) is 34.6 Å². The highest BCUT2D eigenvalue weighted by molar-refractivity contribution is 6.31. The molecule has 0 aliphatic rings. The first-order valence-electron chi connectivity index (χ1n) is 6.21. The Morgan fingerprint density at radius 2 is 2.10 bits per heavy atom. The minimum absolute atomic E-state index is 0. The molecule has 20 heavy (non-hydrogen) atoms. The summed E-state index contributed by atoms with van der Waals surface area (Å²) >= 11 is 6.05. The van der Waals surface area contributed by atoms with E-state index in [0.29, 0.717) is 18.1 Å². The average molecular weight is 323 g/mol. The van der Waals surface area contributed by atoms with Gasteiger partial charge < -0.3 is 11.1 Å². The van der Waals surface area contributed by atoms with Gasteiger partial charge in [0.1, 0.15) is 5.82 Å². The Balaban J connectivity index is 0.00000361. The van der Waals surface area contributed by atoms with E-state index in [2.05, 4.69) is 5.32 Å². The molecule has 0 radical (unpaired) electrons. The number of benzene rings is 1. The molecular weight excluding hydrogens is 302 g/mol. The van der Waals surface area contributed by atoms with Crippen LogP contribution >= 0.6 is 24.0 Å². The molecule has 1 aromatic carbocycles. The van der Waals surface area contributed by atoms with Gasteiger partial charge in [-0.15, -0.1) is 12.4 Å². The second-order valence-electron chi connectivity index (χ2n) is 5.36. The van der Waals surface area contributed by atoms with E-state index in [4.69, 9.17) is 17.3 Å². The van der Waals surface area contributed by atoms with Gasteiger partial charge in [-0.25, -0.2) is 4.39 Å². The van der Waals surface area contributed by atoms with Crippen LogP contribution in [0.3, 0.4) is 0 Å². The molecule has 6 heteroatoms. The fraction of sp³-hybridized carbons (Fsp3) is 0.500. The van der Waals surface area contributed by atoms with Gasteiger partial charge in [0.2, 0.25) is 5.91 Å². The Morgan fingerprint density at radius 3 is 2.60 bits per heavy atom. The molecule has 1 rings (SSSR count). The fourth-order valence-electron chi connectivity index (χ4n) is 1.72. The number of amides is 1. The van der Waals surface area contributed by atoms with Gasteiger partial charge in [0.25, 0.3) is 0 Å². The summed E-state index contributed by atoms with van der Waals surface area (Å²) in [6, 6.07) is 4.30. The summed E-state index contributed by atoms with van der Waals surface area (Å²) in [7, 11) is 0. The van der Waals surface area contributed by atoms with E-state index in [9.17, 15) is 9.18 Å². The molecule has 0 aliphatic carbocycles. The molecule has 1 unspecified atom stereocenters. The zero-order valence-electron chi connectivity index (χ0n) is 11.9. The Hall–Kier alpha value is -0.840. The number of nitrogens with two attached hydrogens (primary N) is 1. The highest BCUT2D eigenvalue weighted by atomic mass is 35.5. The number of hydrogen-bond acceptors (Lipinski definition) is 2. The monoisotopic (exact) mass is 322 g/mol. The third-order valence-corrected chi connectivity index (χ3v) is 3.48. The van der Waals surface area contributed by atoms with Crippen LogP contribution in [0.2, 0.25) is 5.02 Å². The third-order valence-electron chi connectivity index (χ3n) is 3.17. The lowest BCUT2D eigenvalue weighted by molar-refractivity contribution is -0.124. The standard InChI is InChI=1S/C14H20ClFN2O.ClH/c1-9(7-17)13(19)18-8-14(2,3)11-5-4-10(16)6-12(11)15;/h4-6,9H,7-8,17H2,1-3H3,(H,18,19);1H. The summed E-state index contributed by atoms with van der Waals surface area (Å²) in [6.45, 7) is 6.39. The maximum atomic E-state index is 13.0. The zero-order valence-corrected chi connectivity index (χ0v) is 13.4. The van der Waals surface area contributed by atoms with E-state index in [1.807, 2.05) is 13.8 Å². The summed E-state index contributed by atoms with van der Waals surface area (Å²) in [5.41, 5.74) is 5.86. The van der Waals surface area contributed by atoms with Gasteiger partial charge in [-0.2, -0.15) is 0 Å². The third kappa shape index (κ3) is 4.93. The summed E-state index contributed by atoms with van der Waals surface area (Å²) in [5.74, 6) is -0.682. The van der Waals surface area contributed by atoms with Gasteiger partial charge >= 0.3 is 0 Å². The topological polar surface area (TPSA) is 55.1 Å². The number of halogens is 3. The van der Waals surface area contributed by atoms with Crippen LogP contribution in [0.25, 0.3) is 0 Å². The van der Waals surface area contributed by atoms with Crippen LogP contribution in [-0.2, 0) is 10.2 Å². The predicted molar refractivity (Wildman–Crippen MR) is 82.9 cm³/mol.